The molecule has 0 N–H and O–H groups in total. The van der Waals surface area contributed by atoms with Crippen LogP contribution in [0.3, 0.4) is 0 Å². The second kappa shape index (κ2) is 9.67. The minimum atomic E-state index is -0.653. The molecular formula is C26H19F3. The van der Waals surface area contributed by atoms with Crippen molar-refractivity contribution < 1.29 is 13.2 Å². The van der Waals surface area contributed by atoms with Crippen molar-refractivity contribution in [3.05, 3.63) is 106 Å². The van der Waals surface area contributed by atoms with Gasteiger partial charge in [0.05, 0.1) is 11.1 Å². The van der Waals surface area contributed by atoms with Crippen LogP contribution in [0.4, 0.5) is 13.2 Å². The van der Waals surface area contributed by atoms with Crippen LogP contribution in [0, 0.1) is 41.1 Å². The molecule has 0 amide bonds. The summed E-state index contributed by atoms with van der Waals surface area (Å²) in [4.78, 5) is 0. The van der Waals surface area contributed by atoms with Gasteiger partial charge in [0, 0.05) is 11.1 Å². The van der Waals surface area contributed by atoms with Crippen LogP contribution in [0.1, 0.15) is 47.6 Å². The largest absolute Gasteiger partial charge is 0.207 e. The third-order valence-corrected chi connectivity index (χ3v) is 4.36. The second-order valence-corrected chi connectivity index (χ2v) is 6.62. The monoisotopic (exact) mass is 388 g/mol. The molecule has 0 radical (unpaired) electrons. The number of halogens is 3. The Morgan fingerprint density at radius 1 is 0.655 bits per heavy atom. The Morgan fingerprint density at radius 2 is 1.14 bits per heavy atom. The second-order valence-electron chi connectivity index (χ2n) is 6.62. The SMILES string of the molecule is CCCCc1ccc(C#Cc2cc(F)c(C#Cc3ccc(F)cc3)cc2F)cc1. The van der Waals surface area contributed by atoms with Gasteiger partial charge in [0.25, 0.3) is 0 Å². The first-order valence-electron chi connectivity index (χ1n) is 9.43. The minimum Gasteiger partial charge on any atom is -0.207 e. The van der Waals surface area contributed by atoms with E-state index in [0.717, 1.165) is 37.0 Å². The number of aryl methyl sites for hydroxylation is 1. The highest BCUT2D eigenvalue weighted by molar-refractivity contribution is 5.49. The van der Waals surface area contributed by atoms with Crippen molar-refractivity contribution in [2.24, 2.45) is 0 Å². The molecule has 0 aliphatic carbocycles. The van der Waals surface area contributed by atoms with Crippen LogP contribution in [-0.2, 0) is 6.42 Å². The van der Waals surface area contributed by atoms with E-state index in [0.29, 0.717) is 5.56 Å². The average Bonchev–Trinajstić information content (AvgIpc) is 2.73. The van der Waals surface area contributed by atoms with Crippen molar-refractivity contribution in [2.45, 2.75) is 26.2 Å². The first-order chi connectivity index (χ1) is 14.0. The van der Waals surface area contributed by atoms with E-state index in [4.69, 9.17) is 0 Å². The Hall–Kier alpha value is -3.43. The molecule has 29 heavy (non-hydrogen) atoms. The van der Waals surface area contributed by atoms with E-state index in [2.05, 4.69) is 30.6 Å². The Labute approximate surface area is 169 Å². The molecule has 3 aromatic carbocycles. The fourth-order valence-corrected chi connectivity index (χ4v) is 2.69. The van der Waals surface area contributed by atoms with Crippen molar-refractivity contribution >= 4 is 0 Å². The van der Waals surface area contributed by atoms with Gasteiger partial charge in [0.15, 0.2) is 0 Å². The van der Waals surface area contributed by atoms with E-state index in [1.165, 1.54) is 29.8 Å². The van der Waals surface area contributed by atoms with Gasteiger partial charge in [-0.05, 0) is 66.9 Å². The summed E-state index contributed by atoms with van der Waals surface area (Å²) in [6.45, 7) is 2.15. The molecule has 0 heterocycles. The highest BCUT2D eigenvalue weighted by atomic mass is 19.1. The third kappa shape index (κ3) is 5.77. The fourth-order valence-electron chi connectivity index (χ4n) is 2.69. The van der Waals surface area contributed by atoms with Crippen LogP contribution in [-0.4, -0.2) is 0 Å². The van der Waals surface area contributed by atoms with Crippen LogP contribution in [0.2, 0.25) is 0 Å². The van der Waals surface area contributed by atoms with Gasteiger partial charge >= 0.3 is 0 Å². The zero-order valence-electron chi connectivity index (χ0n) is 16.0. The lowest BCUT2D eigenvalue weighted by molar-refractivity contribution is 0.594. The normalized spacial score (nSPS) is 9.93. The number of hydrogen-bond acceptors (Lipinski definition) is 0. The van der Waals surface area contributed by atoms with E-state index in [9.17, 15) is 13.2 Å². The maximum atomic E-state index is 14.3. The van der Waals surface area contributed by atoms with E-state index in [1.54, 1.807) is 0 Å². The summed E-state index contributed by atoms with van der Waals surface area (Å²) in [5, 5.41) is 0. The molecule has 0 aliphatic heterocycles. The van der Waals surface area contributed by atoms with Gasteiger partial charge in [-0.2, -0.15) is 0 Å². The summed E-state index contributed by atoms with van der Waals surface area (Å²) in [6, 6.07) is 15.3. The van der Waals surface area contributed by atoms with Crippen LogP contribution in [0.5, 0.6) is 0 Å². The molecule has 3 rings (SSSR count). The molecule has 144 valence electrons. The summed E-state index contributed by atoms with van der Waals surface area (Å²) in [5.74, 6) is 9.15. The highest BCUT2D eigenvalue weighted by Crippen LogP contribution is 2.14. The maximum Gasteiger partial charge on any atom is 0.140 e. The Kier molecular flexibility index (Phi) is 6.77. The van der Waals surface area contributed by atoms with Crippen molar-refractivity contribution in [1.82, 2.24) is 0 Å². The van der Waals surface area contributed by atoms with Gasteiger partial charge in [0.1, 0.15) is 17.5 Å². The lowest BCUT2D eigenvalue weighted by Gasteiger charge is -2.00. The number of hydrogen-bond donors (Lipinski definition) is 0. The fraction of sp³-hybridized carbons (Fsp3) is 0.154. The molecule has 0 nitrogen and oxygen atoms in total. The van der Waals surface area contributed by atoms with Gasteiger partial charge in [-0.1, -0.05) is 49.2 Å². The van der Waals surface area contributed by atoms with E-state index in [1.807, 2.05) is 24.3 Å². The molecule has 0 unspecified atom stereocenters. The molecule has 0 atom stereocenters. The van der Waals surface area contributed by atoms with Crippen LogP contribution >= 0.6 is 0 Å². The molecule has 0 saturated carbocycles. The first-order valence-corrected chi connectivity index (χ1v) is 9.43. The van der Waals surface area contributed by atoms with Crippen molar-refractivity contribution in [2.75, 3.05) is 0 Å². The summed E-state index contributed by atoms with van der Waals surface area (Å²) < 4.78 is 41.5. The van der Waals surface area contributed by atoms with E-state index in [-0.39, 0.29) is 16.9 Å². The zero-order valence-corrected chi connectivity index (χ0v) is 16.0. The minimum absolute atomic E-state index is 0.0232. The van der Waals surface area contributed by atoms with Crippen LogP contribution in [0.15, 0.2) is 60.7 Å². The van der Waals surface area contributed by atoms with Crippen molar-refractivity contribution in [1.29, 1.82) is 0 Å². The molecule has 3 heteroatoms. The highest BCUT2D eigenvalue weighted by Gasteiger charge is 2.07. The molecule has 0 fully saturated rings. The zero-order chi connectivity index (χ0) is 20.6. The van der Waals surface area contributed by atoms with Gasteiger partial charge in [0.2, 0.25) is 0 Å². The predicted octanol–water partition coefficient (Wildman–Crippen LogP) is 6.25. The van der Waals surface area contributed by atoms with Gasteiger partial charge < -0.3 is 0 Å². The van der Waals surface area contributed by atoms with Gasteiger partial charge in [-0.15, -0.1) is 0 Å². The van der Waals surface area contributed by atoms with E-state index < -0.39 is 11.6 Å². The maximum absolute atomic E-state index is 14.3. The lowest BCUT2D eigenvalue weighted by Crippen LogP contribution is -1.92. The van der Waals surface area contributed by atoms with Crippen LogP contribution < -0.4 is 0 Å². The Bertz CT molecular complexity index is 1100. The predicted molar refractivity (Wildman–Crippen MR) is 110 cm³/mol. The van der Waals surface area contributed by atoms with Gasteiger partial charge in [-0.3, -0.25) is 0 Å². The Balaban J connectivity index is 1.78. The van der Waals surface area contributed by atoms with Gasteiger partial charge in [-0.25, -0.2) is 13.2 Å². The third-order valence-electron chi connectivity index (χ3n) is 4.36. The lowest BCUT2D eigenvalue weighted by atomic mass is 10.1. The summed E-state index contributed by atoms with van der Waals surface area (Å²) in [7, 11) is 0. The standard InChI is InChI=1S/C26H19F3/c1-2-3-4-19-5-7-20(8-6-19)9-13-22-17-26(29)23(18-25(22)28)14-10-21-11-15-24(27)16-12-21/h5-8,11-12,15-18H,2-4H2,1H3. The van der Waals surface area contributed by atoms with Crippen LogP contribution in [0.25, 0.3) is 0 Å². The summed E-state index contributed by atoms with van der Waals surface area (Å²) in [5.41, 5.74) is 2.39. The molecule has 0 spiro atoms. The number of rotatable bonds is 3. The van der Waals surface area contributed by atoms with Crippen molar-refractivity contribution in [3.8, 4) is 23.7 Å². The quantitative estimate of drug-likeness (QED) is 0.466. The van der Waals surface area contributed by atoms with E-state index >= 15 is 0 Å². The molecule has 0 aliphatic rings. The summed E-state index contributed by atoms with van der Waals surface area (Å²) in [6.07, 6.45) is 3.28. The smallest absolute Gasteiger partial charge is 0.140 e. The molecule has 0 aromatic heterocycles. The molecule has 3 aromatic rings. The Morgan fingerprint density at radius 3 is 1.62 bits per heavy atom. The summed E-state index contributed by atoms with van der Waals surface area (Å²) >= 11 is 0. The molecular weight excluding hydrogens is 369 g/mol. The topological polar surface area (TPSA) is 0 Å². The molecule has 0 bridgehead atoms. The number of unbranched alkanes of at least 4 members (excludes halogenated alkanes) is 1. The first kappa shape index (κ1) is 20.3. The number of benzene rings is 3. The average molecular weight is 388 g/mol. The molecule has 0 saturated heterocycles. The van der Waals surface area contributed by atoms with Crippen molar-refractivity contribution in [3.63, 3.8) is 0 Å².